The van der Waals surface area contributed by atoms with Crippen LogP contribution in [0.4, 0.5) is 16.8 Å². The van der Waals surface area contributed by atoms with Crippen molar-refractivity contribution in [3.8, 4) is 0 Å². The molecule has 2 unspecified atom stereocenters. The summed E-state index contributed by atoms with van der Waals surface area (Å²) in [5, 5.41) is 10.6. The Bertz CT molecular complexity index is 790. The topological polar surface area (TPSA) is 91.8 Å². The van der Waals surface area contributed by atoms with Crippen molar-refractivity contribution in [1.29, 1.82) is 0 Å². The summed E-state index contributed by atoms with van der Waals surface area (Å²) < 4.78 is 4.25. The van der Waals surface area contributed by atoms with Gasteiger partial charge in [0, 0.05) is 23.8 Å². The molecule has 0 aromatic carbocycles. The summed E-state index contributed by atoms with van der Waals surface area (Å²) in [5.74, 6) is 1.26. The number of nitrogens with zero attached hydrogens (tertiary/aromatic N) is 3. The molecule has 8 heteroatoms. The molecule has 26 heavy (non-hydrogen) atoms. The second-order valence-corrected chi connectivity index (χ2v) is 7.41. The van der Waals surface area contributed by atoms with Gasteiger partial charge in [0.2, 0.25) is 11.9 Å². The molecule has 0 spiro atoms. The number of anilines is 3. The summed E-state index contributed by atoms with van der Waals surface area (Å²) >= 11 is 1.39. The largest absolute Gasteiger partial charge is 0.367 e. The van der Waals surface area contributed by atoms with Gasteiger partial charge in [-0.15, -0.1) is 0 Å². The quantitative estimate of drug-likeness (QED) is 0.674. The number of carbonyl (C=O) groups is 1. The lowest BCUT2D eigenvalue weighted by Gasteiger charge is -2.30. The van der Waals surface area contributed by atoms with Gasteiger partial charge in [0.05, 0.1) is 5.69 Å². The average Bonchev–Trinajstić information content (AvgIpc) is 3.03. The van der Waals surface area contributed by atoms with E-state index in [1.165, 1.54) is 17.6 Å². The zero-order valence-corrected chi connectivity index (χ0v) is 15.9. The Morgan fingerprint density at radius 2 is 2.15 bits per heavy atom. The van der Waals surface area contributed by atoms with Crippen molar-refractivity contribution >= 4 is 34.2 Å². The van der Waals surface area contributed by atoms with Crippen molar-refractivity contribution in [1.82, 2.24) is 19.7 Å². The van der Waals surface area contributed by atoms with Crippen LogP contribution in [-0.2, 0) is 4.79 Å². The van der Waals surface area contributed by atoms with Crippen LogP contribution in [-0.4, -0.2) is 32.3 Å². The number of nitrogens with one attached hydrogen (secondary N) is 3. The number of hydrogen-bond acceptors (Lipinski definition) is 7. The Balaban J connectivity index is 1.65. The molecule has 0 bridgehead atoms. The molecular formula is C18H24N6OS. The van der Waals surface area contributed by atoms with Gasteiger partial charge in [0.25, 0.3) is 0 Å². The number of aromatic nitrogens is 3. The second kappa shape index (κ2) is 8.27. The van der Waals surface area contributed by atoms with Gasteiger partial charge in [-0.1, -0.05) is 6.58 Å². The van der Waals surface area contributed by atoms with Crippen molar-refractivity contribution < 1.29 is 4.79 Å². The van der Waals surface area contributed by atoms with Crippen LogP contribution in [0.5, 0.6) is 0 Å². The highest BCUT2D eigenvalue weighted by Crippen LogP contribution is 2.25. The van der Waals surface area contributed by atoms with E-state index < -0.39 is 0 Å². The molecule has 2 heterocycles. The molecule has 3 rings (SSSR count). The number of carbonyl (C=O) groups excluding carboxylic acids is 1. The highest BCUT2D eigenvalue weighted by molar-refractivity contribution is 7.10. The van der Waals surface area contributed by atoms with Gasteiger partial charge >= 0.3 is 0 Å². The highest BCUT2D eigenvalue weighted by Gasteiger charge is 2.23. The average molecular weight is 372 g/mol. The maximum absolute atomic E-state index is 11.5. The van der Waals surface area contributed by atoms with E-state index in [-0.39, 0.29) is 18.0 Å². The first kappa shape index (κ1) is 18.3. The number of aryl methyl sites for hydroxylation is 2. The second-order valence-electron chi connectivity index (χ2n) is 6.60. The minimum absolute atomic E-state index is 0.111. The Morgan fingerprint density at radius 1 is 1.35 bits per heavy atom. The summed E-state index contributed by atoms with van der Waals surface area (Å²) in [6.45, 7) is 7.46. The number of amides is 1. The fourth-order valence-corrected chi connectivity index (χ4v) is 3.74. The van der Waals surface area contributed by atoms with Crippen molar-refractivity contribution in [3.05, 3.63) is 36.2 Å². The van der Waals surface area contributed by atoms with E-state index in [2.05, 4.69) is 36.9 Å². The molecule has 0 aliphatic heterocycles. The van der Waals surface area contributed by atoms with Gasteiger partial charge in [0.1, 0.15) is 10.8 Å². The molecule has 1 aliphatic carbocycles. The fraction of sp³-hybridized carbons (Fsp3) is 0.444. The standard InChI is InChI=1S/C18H24N6OS/c1-4-15(25)20-13-6-5-7-14(9-13)21-17-11(2)10-19-18(23-17)22-16-8-12(3)24-26-16/h4,8,10,13-14H,1,5-7,9H2,2-3H3,(H,20,25)(H2,19,21,22,23). The molecule has 2 aromatic heterocycles. The van der Waals surface area contributed by atoms with Crippen molar-refractivity contribution in [2.45, 2.75) is 51.6 Å². The fourth-order valence-electron chi connectivity index (χ4n) is 3.09. The van der Waals surface area contributed by atoms with Crippen LogP contribution in [0.3, 0.4) is 0 Å². The summed E-state index contributed by atoms with van der Waals surface area (Å²) in [6.07, 6.45) is 7.13. The lowest BCUT2D eigenvalue weighted by molar-refractivity contribution is -0.117. The van der Waals surface area contributed by atoms with Gasteiger partial charge in [-0.3, -0.25) is 4.79 Å². The molecule has 2 atom stereocenters. The molecule has 1 saturated carbocycles. The van der Waals surface area contributed by atoms with E-state index in [0.717, 1.165) is 47.8 Å². The smallest absolute Gasteiger partial charge is 0.243 e. The van der Waals surface area contributed by atoms with Crippen LogP contribution in [0.1, 0.15) is 36.9 Å². The normalized spacial score (nSPS) is 19.6. The molecule has 138 valence electrons. The Hall–Kier alpha value is -2.48. The summed E-state index contributed by atoms with van der Waals surface area (Å²) in [5.41, 5.74) is 1.96. The Kier molecular flexibility index (Phi) is 5.82. The minimum atomic E-state index is -0.111. The predicted octanol–water partition coefficient (Wildman–Crippen LogP) is 3.32. The SMILES string of the molecule is C=CC(=O)NC1CCCC(Nc2nc(Nc3cc(C)ns3)ncc2C)C1. The third-order valence-corrected chi connectivity index (χ3v) is 5.18. The molecule has 0 radical (unpaired) electrons. The Morgan fingerprint density at radius 3 is 2.88 bits per heavy atom. The van der Waals surface area contributed by atoms with Crippen LogP contribution in [0, 0.1) is 13.8 Å². The highest BCUT2D eigenvalue weighted by atomic mass is 32.1. The zero-order chi connectivity index (χ0) is 18.5. The first-order chi connectivity index (χ1) is 12.5. The molecule has 7 nitrogen and oxygen atoms in total. The predicted molar refractivity (Wildman–Crippen MR) is 105 cm³/mol. The molecule has 2 aromatic rings. The molecule has 3 N–H and O–H groups in total. The van der Waals surface area contributed by atoms with E-state index in [1.54, 1.807) is 0 Å². The lowest BCUT2D eigenvalue weighted by Crippen LogP contribution is -2.41. The van der Waals surface area contributed by atoms with Crippen LogP contribution in [0.15, 0.2) is 24.9 Å². The van der Waals surface area contributed by atoms with E-state index in [0.29, 0.717) is 5.95 Å². The first-order valence-electron chi connectivity index (χ1n) is 8.77. The molecule has 1 aliphatic rings. The van der Waals surface area contributed by atoms with E-state index >= 15 is 0 Å². The monoisotopic (exact) mass is 372 g/mol. The van der Waals surface area contributed by atoms with Crippen LogP contribution in [0.25, 0.3) is 0 Å². The van der Waals surface area contributed by atoms with Gasteiger partial charge in [0.15, 0.2) is 0 Å². The van der Waals surface area contributed by atoms with Crippen LogP contribution < -0.4 is 16.0 Å². The zero-order valence-electron chi connectivity index (χ0n) is 15.1. The lowest BCUT2D eigenvalue weighted by atomic mass is 9.91. The Labute approximate surface area is 157 Å². The van der Waals surface area contributed by atoms with Gasteiger partial charge < -0.3 is 16.0 Å². The maximum atomic E-state index is 11.5. The van der Waals surface area contributed by atoms with Gasteiger partial charge in [-0.05, 0) is 63.2 Å². The van der Waals surface area contributed by atoms with Gasteiger partial charge in [-0.25, -0.2) is 4.98 Å². The van der Waals surface area contributed by atoms with E-state index in [1.807, 2.05) is 26.1 Å². The number of hydrogen-bond donors (Lipinski definition) is 3. The van der Waals surface area contributed by atoms with Crippen LogP contribution >= 0.6 is 11.5 Å². The minimum Gasteiger partial charge on any atom is -0.367 e. The first-order valence-corrected chi connectivity index (χ1v) is 9.54. The molecule has 1 fully saturated rings. The maximum Gasteiger partial charge on any atom is 0.243 e. The third-order valence-electron chi connectivity index (χ3n) is 4.38. The van der Waals surface area contributed by atoms with Crippen LogP contribution in [0.2, 0.25) is 0 Å². The summed E-state index contributed by atoms with van der Waals surface area (Å²) in [7, 11) is 0. The van der Waals surface area contributed by atoms with Crippen molar-refractivity contribution in [2.24, 2.45) is 0 Å². The summed E-state index contributed by atoms with van der Waals surface area (Å²) in [6, 6.07) is 2.41. The van der Waals surface area contributed by atoms with E-state index in [4.69, 9.17) is 0 Å². The molecular weight excluding hydrogens is 348 g/mol. The number of rotatable bonds is 6. The third kappa shape index (κ3) is 4.78. The summed E-state index contributed by atoms with van der Waals surface area (Å²) in [4.78, 5) is 20.5. The van der Waals surface area contributed by atoms with E-state index in [9.17, 15) is 4.79 Å². The van der Waals surface area contributed by atoms with Gasteiger partial charge in [-0.2, -0.15) is 9.36 Å². The molecule has 0 saturated heterocycles. The molecule has 1 amide bonds. The van der Waals surface area contributed by atoms with Crippen molar-refractivity contribution in [2.75, 3.05) is 10.6 Å². The van der Waals surface area contributed by atoms with Crippen molar-refractivity contribution in [3.63, 3.8) is 0 Å².